The molecule has 1 unspecified atom stereocenters. The third kappa shape index (κ3) is 5.93. The molecule has 254 valence electrons. The monoisotopic (exact) mass is 672 g/mol. The number of piperidine rings is 1. The summed E-state index contributed by atoms with van der Waals surface area (Å²) in [5.74, 6) is 2.20. The number of piperazine rings is 1. The number of ether oxygens (including phenoxy) is 1. The van der Waals surface area contributed by atoms with Crippen molar-refractivity contribution in [3.05, 3.63) is 47.2 Å². The number of carbonyl (C=O) groups excluding carboxylic acids is 1. The Morgan fingerprint density at radius 3 is 2.56 bits per heavy atom. The third-order valence-electron chi connectivity index (χ3n) is 11.8. The van der Waals surface area contributed by atoms with Crippen molar-refractivity contribution in [2.24, 2.45) is 11.3 Å². The van der Waals surface area contributed by atoms with Crippen LogP contribution < -0.4 is 15.1 Å². The quantitative estimate of drug-likeness (QED) is 0.323. The lowest BCUT2D eigenvalue weighted by molar-refractivity contribution is -0.151. The van der Waals surface area contributed by atoms with Crippen LogP contribution in [0, 0.1) is 11.3 Å². The fourth-order valence-corrected chi connectivity index (χ4v) is 9.13. The lowest BCUT2D eigenvalue weighted by Gasteiger charge is -2.55. The van der Waals surface area contributed by atoms with Crippen molar-refractivity contribution in [1.29, 1.82) is 0 Å². The number of aromatic nitrogens is 4. The van der Waals surface area contributed by atoms with E-state index in [0.29, 0.717) is 40.3 Å². The minimum Gasteiger partial charge on any atom is -0.506 e. The number of para-hydroxylation sites is 1. The first kappa shape index (κ1) is 31.6. The largest absolute Gasteiger partial charge is 0.506 e. The molecule has 0 radical (unpaired) electrons. The molecule has 1 atom stereocenters. The molecule has 2 saturated heterocycles. The van der Waals surface area contributed by atoms with Crippen LogP contribution in [0.15, 0.2) is 36.7 Å². The maximum atomic E-state index is 12.2. The Hall–Kier alpha value is -3.70. The van der Waals surface area contributed by atoms with Gasteiger partial charge in [-0.05, 0) is 106 Å². The van der Waals surface area contributed by atoms with Crippen LogP contribution in [-0.4, -0.2) is 94.1 Å². The molecule has 8 rings (SSSR count). The van der Waals surface area contributed by atoms with E-state index in [0.717, 1.165) is 82.4 Å². The van der Waals surface area contributed by atoms with Gasteiger partial charge < -0.3 is 29.9 Å². The highest BCUT2D eigenvalue weighted by atomic mass is 35.5. The van der Waals surface area contributed by atoms with Crippen LogP contribution in [0.25, 0.3) is 11.3 Å². The van der Waals surface area contributed by atoms with Crippen molar-refractivity contribution >= 4 is 35.0 Å². The summed E-state index contributed by atoms with van der Waals surface area (Å²) in [6.07, 6.45) is 13.4. The molecular formula is C36H45ClN8O3. The van der Waals surface area contributed by atoms with Crippen LogP contribution in [-0.2, 0) is 9.53 Å². The zero-order valence-electron chi connectivity index (χ0n) is 27.7. The van der Waals surface area contributed by atoms with Gasteiger partial charge in [0.25, 0.3) is 0 Å². The number of esters is 1. The Morgan fingerprint density at radius 2 is 1.81 bits per heavy atom. The molecule has 11 nitrogen and oxygen atoms in total. The Balaban J connectivity index is 0.835. The number of rotatable bonds is 6. The van der Waals surface area contributed by atoms with Crippen molar-refractivity contribution in [2.75, 3.05) is 61.0 Å². The smallest absolute Gasteiger partial charge is 0.308 e. The summed E-state index contributed by atoms with van der Waals surface area (Å²) in [5, 5.41) is 23.0. The molecule has 2 aliphatic carbocycles. The van der Waals surface area contributed by atoms with Gasteiger partial charge in [0.1, 0.15) is 5.75 Å². The fraction of sp³-hybridized carbons (Fsp3) is 0.583. The molecule has 0 bridgehead atoms. The molecule has 3 aliphatic heterocycles. The Morgan fingerprint density at radius 1 is 1.04 bits per heavy atom. The molecular weight excluding hydrogens is 628 g/mol. The average Bonchev–Trinajstić information content (AvgIpc) is 3.11. The number of phenols is 1. The van der Waals surface area contributed by atoms with Crippen molar-refractivity contribution < 1.29 is 14.6 Å². The van der Waals surface area contributed by atoms with Crippen LogP contribution in [0.4, 0.5) is 17.5 Å². The van der Waals surface area contributed by atoms with Gasteiger partial charge >= 0.3 is 5.97 Å². The molecule has 5 heterocycles. The number of hydrogen-bond donors (Lipinski definition) is 2. The Kier molecular flexibility index (Phi) is 8.53. The van der Waals surface area contributed by atoms with Gasteiger partial charge in [-0.1, -0.05) is 17.7 Å². The van der Waals surface area contributed by atoms with E-state index in [1.165, 1.54) is 31.2 Å². The number of halogens is 1. The van der Waals surface area contributed by atoms with Gasteiger partial charge in [-0.2, -0.15) is 0 Å². The number of phenolic OH excluding ortho intramolecular Hbond substituents is 1. The molecule has 1 aromatic carbocycles. The van der Waals surface area contributed by atoms with Crippen molar-refractivity contribution in [3.63, 3.8) is 0 Å². The number of aromatic hydroxyl groups is 1. The lowest BCUT2D eigenvalue weighted by Crippen LogP contribution is -2.58. The third-order valence-corrected chi connectivity index (χ3v) is 12.1. The maximum absolute atomic E-state index is 12.2. The molecule has 3 aromatic rings. The lowest BCUT2D eigenvalue weighted by atomic mass is 9.56. The van der Waals surface area contributed by atoms with E-state index in [9.17, 15) is 9.90 Å². The van der Waals surface area contributed by atoms with Crippen LogP contribution in [0.5, 0.6) is 5.75 Å². The van der Waals surface area contributed by atoms with Gasteiger partial charge in [-0.3, -0.25) is 4.79 Å². The average molecular weight is 673 g/mol. The highest BCUT2D eigenvalue weighted by molar-refractivity contribution is 6.32. The summed E-state index contributed by atoms with van der Waals surface area (Å²) in [4.78, 5) is 29.3. The van der Waals surface area contributed by atoms with Gasteiger partial charge in [0.2, 0.25) is 5.95 Å². The van der Waals surface area contributed by atoms with E-state index in [1.54, 1.807) is 18.2 Å². The number of hydrogen-bond acceptors (Lipinski definition) is 11. The van der Waals surface area contributed by atoms with Gasteiger partial charge in [-0.15, -0.1) is 10.2 Å². The van der Waals surface area contributed by atoms with Crippen LogP contribution in [0.2, 0.25) is 5.02 Å². The van der Waals surface area contributed by atoms with E-state index in [2.05, 4.69) is 42.6 Å². The summed E-state index contributed by atoms with van der Waals surface area (Å²) in [7, 11) is 0. The number of nitrogens with zero attached hydrogens (tertiary/aromatic N) is 7. The molecule has 2 saturated carbocycles. The molecule has 1 spiro atoms. The standard InChI is InChI=1S/C36H45ClN8O3/c1-2-48-34(47)24-6-10-36(11-7-24)17-26(18-36)43-12-8-23(9-13-43)25-19-39-35(40-20-25)44-14-15-45-27(22-44)21-38-33-31(45)16-30(41-42-33)28-4-3-5-29(37)32(28)46/h3-5,16,19-20,23-24,26-27,46H,2,6-15,17-18,21-22H2,1H3,(H,38,42). The highest BCUT2D eigenvalue weighted by Gasteiger charge is 2.49. The second-order valence-corrected chi connectivity index (χ2v) is 14.9. The SMILES string of the molecule is CCOC(=O)C1CCC2(CC1)CC(N1CCC(c3cnc(N4CCN5c6cc(-c7cccc(Cl)c7O)nnc6NCC5C4)nc3)CC1)C2. The van der Waals surface area contributed by atoms with E-state index < -0.39 is 0 Å². The first-order valence-corrected chi connectivity index (χ1v) is 18.1. The first-order valence-electron chi connectivity index (χ1n) is 17.7. The minimum atomic E-state index is 0.0147. The van der Waals surface area contributed by atoms with Crippen molar-refractivity contribution in [1.82, 2.24) is 25.1 Å². The second-order valence-electron chi connectivity index (χ2n) is 14.5. The van der Waals surface area contributed by atoms with Gasteiger partial charge in [0, 0.05) is 50.2 Å². The van der Waals surface area contributed by atoms with Gasteiger partial charge in [0.15, 0.2) is 5.82 Å². The highest BCUT2D eigenvalue weighted by Crippen LogP contribution is 2.55. The number of benzene rings is 1. The molecule has 0 amide bonds. The van der Waals surface area contributed by atoms with E-state index in [1.807, 2.05) is 13.0 Å². The summed E-state index contributed by atoms with van der Waals surface area (Å²) < 4.78 is 5.28. The summed E-state index contributed by atoms with van der Waals surface area (Å²) >= 11 is 6.16. The molecule has 12 heteroatoms. The number of nitrogens with one attached hydrogen (secondary N) is 1. The first-order chi connectivity index (χ1) is 23.4. The predicted octanol–water partition coefficient (Wildman–Crippen LogP) is 5.49. The second kappa shape index (κ2) is 13.0. The summed E-state index contributed by atoms with van der Waals surface area (Å²) in [5.41, 5.74) is 3.86. The molecule has 2 N–H and O–H groups in total. The van der Waals surface area contributed by atoms with Crippen LogP contribution in [0.1, 0.15) is 69.8 Å². The Labute approximate surface area is 287 Å². The Bertz CT molecular complexity index is 1630. The maximum Gasteiger partial charge on any atom is 0.308 e. The van der Waals surface area contributed by atoms with Crippen molar-refractivity contribution in [2.45, 2.75) is 76.3 Å². The van der Waals surface area contributed by atoms with Gasteiger partial charge in [0.05, 0.1) is 35.0 Å². The number of anilines is 3. The minimum absolute atomic E-state index is 0.0147. The number of carbonyl (C=O) groups is 1. The van der Waals surface area contributed by atoms with Crippen molar-refractivity contribution in [3.8, 4) is 17.0 Å². The normalized spacial score (nSPS) is 27.5. The van der Waals surface area contributed by atoms with E-state index in [4.69, 9.17) is 26.3 Å². The van der Waals surface area contributed by atoms with E-state index >= 15 is 0 Å². The topological polar surface area (TPSA) is 120 Å². The van der Waals surface area contributed by atoms with Crippen LogP contribution >= 0.6 is 11.6 Å². The zero-order chi connectivity index (χ0) is 32.8. The zero-order valence-corrected chi connectivity index (χ0v) is 28.4. The van der Waals surface area contributed by atoms with Crippen LogP contribution in [0.3, 0.4) is 0 Å². The molecule has 2 aromatic heterocycles. The van der Waals surface area contributed by atoms with Gasteiger partial charge in [-0.25, -0.2) is 9.97 Å². The molecule has 4 fully saturated rings. The fourth-order valence-electron chi connectivity index (χ4n) is 8.96. The van der Waals surface area contributed by atoms with E-state index in [-0.39, 0.29) is 23.7 Å². The molecule has 48 heavy (non-hydrogen) atoms. The number of likely N-dealkylation sites (tertiary alicyclic amines) is 1. The molecule has 5 aliphatic rings. The summed E-state index contributed by atoms with van der Waals surface area (Å²) in [6, 6.07) is 8.18. The number of fused-ring (bicyclic) bond motifs is 3. The summed E-state index contributed by atoms with van der Waals surface area (Å²) in [6.45, 7) is 7.83. The predicted molar refractivity (Wildman–Crippen MR) is 186 cm³/mol.